The zero-order chi connectivity index (χ0) is 19.6. The van der Waals surface area contributed by atoms with E-state index in [0.717, 1.165) is 16.4 Å². The Morgan fingerprint density at radius 2 is 1.90 bits per heavy atom. The number of carbonyl (C=O) groups excluding carboxylic acids is 1. The van der Waals surface area contributed by atoms with Crippen LogP contribution in [0.15, 0.2) is 71.2 Å². The van der Waals surface area contributed by atoms with Crippen molar-refractivity contribution in [3.63, 3.8) is 0 Å². The van der Waals surface area contributed by atoms with Crippen molar-refractivity contribution in [3.8, 4) is 27.9 Å². The number of nitrogens with zero attached hydrogens (tertiary/aromatic N) is 3. The molecule has 1 aliphatic rings. The number of hydrogen-bond acceptors (Lipinski definition) is 7. The summed E-state index contributed by atoms with van der Waals surface area (Å²) >= 11 is 2.97. The Hall–Kier alpha value is -3.10. The molecular formula is C21H15N3O3S2. The number of rotatable bonds is 6. The summed E-state index contributed by atoms with van der Waals surface area (Å²) in [6, 6.07) is 19.2. The number of aromatic nitrogens is 3. The molecule has 0 atom stereocenters. The minimum Gasteiger partial charge on any atom is -0.454 e. The van der Waals surface area contributed by atoms with Crippen LogP contribution in [0.25, 0.3) is 16.4 Å². The fraction of sp³-hybridized carbons (Fsp3) is 0.0952. The largest absolute Gasteiger partial charge is 0.454 e. The fourth-order valence-corrected chi connectivity index (χ4v) is 4.57. The van der Waals surface area contributed by atoms with Gasteiger partial charge in [-0.15, -0.1) is 21.5 Å². The SMILES string of the molecule is O=C(CSc1nnc(-c2cccs2)n1-c1ccccc1)c1ccc2c(c1)OCO2. The number of Topliss-reactive ketones (excluding diaryl/α,β-unsaturated/α-hetero) is 1. The van der Waals surface area contributed by atoms with Crippen molar-refractivity contribution in [2.45, 2.75) is 5.16 Å². The first-order valence-corrected chi connectivity index (χ1v) is 10.8. The number of para-hydroxylation sites is 1. The molecule has 0 amide bonds. The molecule has 4 aromatic rings. The molecule has 1 aliphatic heterocycles. The van der Waals surface area contributed by atoms with Crippen LogP contribution in [0.5, 0.6) is 11.5 Å². The lowest BCUT2D eigenvalue weighted by molar-refractivity contribution is 0.102. The average molecular weight is 422 g/mol. The Morgan fingerprint density at radius 1 is 1.03 bits per heavy atom. The van der Waals surface area contributed by atoms with E-state index >= 15 is 0 Å². The Bertz CT molecular complexity index is 1160. The van der Waals surface area contributed by atoms with Gasteiger partial charge >= 0.3 is 0 Å². The molecular weight excluding hydrogens is 406 g/mol. The lowest BCUT2D eigenvalue weighted by Crippen LogP contribution is -2.05. The van der Waals surface area contributed by atoms with Gasteiger partial charge in [-0.1, -0.05) is 36.0 Å². The molecule has 0 N–H and O–H groups in total. The molecule has 8 heteroatoms. The summed E-state index contributed by atoms with van der Waals surface area (Å²) in [5, 5.41) is 11.4. The number of fused-ring (bicyclic) bond motifs is 1. The van der Waals surface area contributed by atoms with Crippen LogP contribution >= 0.6 is 23.1 Å². The first kappa shape index (κ1) is 18.0. The molecule has 0 saturated carbocycles. The van der Waals surface area contributed by atoms with Crippen molar-refractivity contribution < 1.29 is 14.3 Å². The van der Waals surface area contributed by atoms with Crippen LogP contribution in [-0.4, -0.2) is 33.1 Å². The van der Waals surface area contributed by atoms with Crippen LogP contribution < -0.4 is 9.47 Å². The smallest absolute Gasteiger partial charge is 0.231 e. The van der Waals surface area contributed by atoms with Crippen molar-refractivity contribution in [3.05, 3.63) is 71.6 Å². The van der Waals surface area contributed by atoms with Crippen molar-refractivity contribution in [2.75, 3.05) is 12.5 Å². The molecule has 3 heterocycles. The molecule has 0 radical (unpaired) electrons. The molecule has 144 valence electrons. The standard InChI is InChI=1S/C21H15N3O3S2/c25-16(14-8-9-17-18(11-14)27-13-26-17)12-29-21-23-22-20(19-7-4-10-28-19)24(21)15-5-2-1-3-6-15/h1-11H,12-13H2. The van der Waals surface area contributed by atoms with Gasteiger partial charge in [0.2, 0.25) is 6.79 Å². The van der Waals surface area contributed by atoms with Crippen LogP contribution in [0.1, 0.15) is 10.4 Å². The van der Waals surface area contributed by atoms with Gasteiger partial charge in [0.1, 0.15) is 0 Å². The average Bonchev–Trinajstić information content (AvgIpc) is 3.52. The van der Waals surface area contributed by atoms with Gasteiger partial charge in [0.25, 0.3) is 0 Å². The van der Waals surface area contributed by atoms with E-state index < -0.39 is 0 Å². The molecule has 0 saturated heterocycles. The normalized spacial score (nSPS) is 12.3. The Labute approximate surface area is 175 Å². The number of thioether (sulfide) groups is 1. The first-order chi connectivity index (χ1) is 14.3. The summed E-state index contributed by atoms with van der Waals surface area (Å²) < 4.78 is 12.7. The molecule has 2 aromatic carbocycles. The highest BCUT2D eigenvalue weighted by atomic mass is 32.2. The summed E-state index contributed by atoms with van der Waals surface area (Å²) in [6.45, 7) is 0.188. The van der Waals surface area contributed by atoms with Gasteiger partial charge < -0.3 is 9.47 Å². The summed E-state index contributed by atoms with van der Waals surface area (Å²) in [5.74, 6) is 2.28. The van der Waals surface area contributed by atoms with E-state index in [-0.39, 0.29) is 18.3 Å². The minimum atomic E-state index is -0.00594. The fourth-order valence-electron chi connectivity index (χ4n) is 3.02. The maximum Gasteiger partial charge on any atom is 0.231 e. The third-order valence-electron chi connectivity index (χ3n) is 4.42. The van der Waals surface area contributed by atoms with Gasteiger partial charge in [-0.05, 0) is 41.8 Å². The predicted molar refractivity (Wildman–Crippen MR) is 112 cm³/mol. The van der Waals surface area contributed by atoms with Crippen LogP contribution in [0.4, 0.5) is 0 Å². The maximum absolute atomic E-state index is 12.7. The molecule has 6 nitrogen and oxygen atoms in total. The van der Waals surface area contributed by atoms with E-state index in [9.17, 15) is 4.79 Å². The zero-order valence-electron chi connectivity index (χ0n) is 15.1. The lowest BCUT2D eigenvalue weighted by Gasteiger charge is -2.09. The van der Waals surface area contributed by atoms with E-state index in [1.165, 1.54) is 11.8 Å². The number of ketones is 1. The summed E-state index contributed by atoms with van der Waals surface area (Å²) in [7, 11) is 0. The van der Waals surface area contributed by atoms with Gasteiger partial charge in [0, 0.05) is 11.3 Å². The van der Waals surface area contributed by atoms with E-state index in [1.54, 1.807) is 29.5 Å². The lowest BCUT2D eigenvalue weighted by atomic mass is 10.1. The second-order valence-electron chi connectivity index (χ2n) is 6.23. The van der Waals surface area contributed by atoms with E-state index in [1.807, 2.05) is 52.4 Å². The molecule has 0 unspecified atom stereocenters. The van der Waals surface area contributed by atoms with Crippen LogP contribution in [-0.2, 0) is 0 Å². The molecule has 2 aromatic heterocycles. The third-order valence-corrected chi connectivity index (χ3v) is 6.21. The van der Waals surface area contributed by atoms with Crippen molar-refractivity contribution in [2.24, 2.45) is 0 Å². The number of ether oxygens (including phenoxy) is 2. The summed E-state index contributed by atoms with van der Waals surface area (Å²) in [5.41, 5.74) is 1.55. The quantitative estimate of drug-likeness (QED) is 0.332. The Morgan fingerprint density at radius 3 is 2.72 bits per heavy atom. The highest BCUT2D eigenvalue weighted by Gasteiger charge is 2.20. The Balaban J connectivity index is 1.42. The zero-order valence-corrected chi connectivity index (χ0v) is 16.8. The van der Waals surface area contributed by atoms with E-state index in [2.05, 4.69) is 10.2 Å². The van der Waals surface area contributed by atoms with Crippen LogP contribution in [0, 0.1) is 0 Å². The molecule has 0 fully saturated rings. The van der Waals surface area contributed by atoms with Gasteiger partial charge in [-0.25, -0.2) is 0 Å². The van der Waals surface area contributed by atoms with E-state index in [0.29, 0.717) is 22.2 Å². The number of thiophene rings is 1. The van der Waals surface area contributed by atoms with E-state index in [4.69, 9.17) is 9.47 Å². The van der Waals surface area contributed by atoms with Gasteiger partial charge in [0.15, 0.2) is 28.3 Å². The molecule has 0 spiro atoms. The predicted octanol–water partition coefficient (Wildman–Crippen LogP) is 4.70. The first-order valence-electron chi connectivity index (χ1n) is 8.90. The number of carbonyl (C=O) groups is 1. The van der Waals surface area contributed by atoms with Crippen molar-refractivity contribution in [1.82, 2.24) is 14.8 Å². The molecule has 0 aliphatic carbocycles. The second-order valence-corrected chi connectivity index (χ2v) is 8.12. The third kappa shape index (κ3) is 3.52. The monoisotopic (exact) mass is 421 g/mol. The number of benzene rings is 2. The van der Waals surface area contributed by atoms with Gasteiger partial charge in [0.05, 0.1) is 10.6 Å². The Kier molecular flexibility index (Phi) is 4.79. The summed E-state index contributed by atoms with van der Waals surface area (Å²) in [4.78, 5) is 13.8. The molecule has 5 rings (SSSR count). The van der Waals surface area contributed by atoms with Crippen molar-refractivity contribution in [1.29, 1.82) is 0 Å². The minimum absolute atomic E-state index is 0.00594. The van der Waals surface area contributed by atoms with Crippen molar-refractivity contribution >= 4 is 28.9 Å². The topological polar surface area (TPSA) is 66.2 Å². The summed E-state index contributed by atoms with van der Waals surface area (Å²) in [6.07, 6.45) is 0. The second kappa shape index (κ2) is 7.73. The van der Waals surface area contributed by atoms with Gasteiger partial charge in [-0.2, -0.15) is 0 Å². The van der Waals surface area contributed by atoms with Crippen LogP contribution in [0.2, 0.25) is 0 Å². The highest BCUT2D eigenvalue weighted by Crippen LogP contribution is 2.34. The highest BCUT2D eigenvalue weighted by molar-refractivity contribution is 7.99. The van der Waals surface area contributed by atoms with Crippen LogP contribution in [0.3, 0.4) is 0 Å². The maximum atomic E-state index is 12.7. The number of hydrogen-bond donors (Lipinski definition) is 0. The molecule has 29 heavy (non-hydrogen) atoms. The molecule has 0 bridgehead atoms. The van der Waals surface area contributed by atoms with Gasteiger partial charge in [-0.3, -0.25) is 9.36 Å².